The number of carbonyl (C=O) groups excluding carboxylic acids is 2. The molecule has 20 heavy (non-hydrogen) atoms. The van der Waals surface area contributed by atoms with E-state index in [0.29, 0.717) is 12.5 Å². The zero-order valence-electron chi connectivity index (χ0n) is 12.2. The van der Waals surface area contributed by atoms with Crippen LogP contribution in [0.4, 0.5) is 0 Å². The van der Waals surface area contributed by atoms with Crippen molar-refractivity contribution in [2.45, 2.75) is 31.7 Å². The molecule has 1 saturated carbocycles. The number of piperazine rings is 1. The van der Waals surface area contributed by atoms with Gasteiger partial charge in [-0.2, -0.15) is 0 Å². The highest BCUT2D eigenvalue weighted by Gasteiger charge is 2.32. The lowest BCUT2D eigenvalue weighted by Crippen LogP contribution is -2.57. The highest BCUT2D eigenvalue weighted by atomic mass is 16.3. The predicted molar refractivity (Wildman–Crippen MR) is 75.1 cm³/mol. The van der Waals surface area contributed by atoms with E-state index in [0.717, 1.165) is 19.6 Å². The van der Waals surface area contributed by atoms with Gasteiger partial charge in [0.1, 0.15) is 0 Å². The predicted octanol–water partition coefficient (Wildman–Crippen LogP) is -0.572. The molecule has 1 aliphatic carbocycles. The van der Waals surface area contributed by atoms with Crippen LogP contribution in [0, 0.1) is 5.92 Å². The normalized spacial score (nSPS) is 23.6. The van der Waals surface area contributed by atoms with Gasteiger partial charge in [-0.3, -0.25) is 9.59 Å². The number of aliphatic hydroxyl groups excluding tert-OH is 1. The molecule has 2 amide bonds. The van der Waals surface area contributed by atoms with E-state index in [1.807, 2.05) is 4.90 Å². The molecule has 2 N–H and O–H groups in total. The quantitative estimate of drug-likeness (QED) is 0.684. The molecule has 2 rings (SSSR count). The molecule has 1 saturated heterocycles. The minimum atomic E-state index is -0.405. The van der Waals surface area contributed by atoms with E-state index in [1.54, 1.807) is 7.05 Å². The van der Waals surface area contributed by atoms with Gasteiger partial charge in [-0.05, 0) is 18.8 Å². The fourth-order valence-corrected chi connectivity index (χ4v) is 2.72. The number of likely N-dealkylation sites (N-methyl/N-ethyl adjacent to an activating group) is 1. The Bertz CT molecular complexity index is 358. The Morgan fingerprint density at radius 3 is 2.85 bits per heavy atom. The van der Waals surface area contributed by atoms with E-state index in [-0.39, 0.29) is 24.8 Å². The number of hydrogen-bond acceptors (Lipinski definition) is 4. The van der Waals surface area contributed by atoms with Gasteiger partial charge in [-0.1, -0.05) is 6.42 Å². The van der Waals surface area contributed by atoms with Crippen molar-refractivity contribution in [1.82, 2.24) is 15.1 Å². The summed E-state index contributed by atoms with van der Waals surface area (Å²) < 4.78 is 0. The van der Waals surface area contributed by atoms with Crippen molar-refractivity contribution in [3.8, 4) is 0 Å². The van der Waals surface area contributed by atoms with Crippen molar-refractivity contribution in [3.05, 3.63) is 0 Å². The molecule has 2 fully saturated rings. The van der Waals surface area contributed by atoms with Gasteiger partial charge < -0.3 is 20.2 Å². The lowest BCUT2D eigenvalue weighted by Gasteiger charge is -2.38. The topological polar surface area (TPSA) is 72.9 Å². The average Bonchev–Trinajstić information content (AvgIpc) is 2.37. The number of amides is 2. The second-order valence-electron chi connectivity index (χ2n) is 5.83. The van der Waals surface area contributed by atoms with Gasteiger partial charge in [-0.25, -0.2) is 0 Å². The fourth-order valence-electron chi connectivity index (χ4n) is 2.72. The number of nitrogens with one attached hydrogen (secondary N) is 1. The largest absolute Gasteiger partial charge is 0.395 e. The molecule has 2 aliphatic rings. The van der Waals surface area contributed by atoms with Crippen LogP contribution in [-0.2, 0) is 9.59 Å². The van der Waals surface area contributed by atoms with Crippen molar-refractivity contribution < 1.29 is 14.7 Å². The molecule has 6 heteroatoms. The van der Waals surface area contributed by atoms with E-state index < -0.39 is 6.04 Å². The second-order valence-corrected chi connectivity index (χ2v) is 5.83. The van der Waals surface area contributed by atoms with Crippen LogP contribution in [0.1, 0.15) is 25.7 Å². The van der Waals surface area contributed by atoms with Crippen molar-refractivity contribution in [1.29, 1.82) is 0 Å². The lowest BCUT2D eigenvalue weighted by molar-refractivity contribution is -0.141. The van der Waals surface area contributed by atoms with E-state index >= 15 is 0 Å². The van der Waals surface area contributed by atoms with Gasteiger partial charge in [0.05, 0.1) is 19.1 Å². The molecule has 0 radical (unpaired) electrons. The third kappa shape index (κ3) is 3.70. The monoisotopic (exact) mass is 283 g/mol. The second kappa shape index (κ2) is 7.04. The molecule has 0 aromatic carbocycles. The maximum atomic E-state index is 12.4. The molecular weight excluding hydrogens is 258 g/mol. The first kappa shape index (κ1) is 15.3. The summed E-state index contributed by atoms with van der Waals surface area (Å²) >= 11 is 0. The maximum Gasteiger partial charge on any atom is 0.240 e. The Balaban J connectivity index is 1.84. The van der Waals surface area contributed by atoms with Gasteiger partial charge in [0.15, 0.2) is 0 Å². The summed E-state index contributed by atoms with van der Waals surface area (Å²) in [5, 5.41) is 12.0. The number of nitrogens with zero attached hydrogens (tertiary/aromatic N) is 2. The van der Waals surface area contributed by atoms with Crippen molar-refractivity contribution >= 4 is 11.8 Å². The molecule has 0 spiro atoms. The number of rotatable bonds is 6. The highest BCUT2D eigenvalue weighted by molar-refractivity contribution is 5.88. The molecule has 1 heterocycles. The fraction of sp³-hybridized carbons (Fsp3) is 0.857. The molecule has 0 bridgehead atoms. The Morgan fingerprint density at radius 2 is 2.25 bits per heavy atom. The maximum absolute atomic E-state index is 12.4. The first-order valence-corrected chi connectivity index (χ1v) is 7.49. The smallest absolute Gasteiger partial charge is 0.240 e. The molecule has 114 valence electrons. The molecular formula is C14H25N3O3. The molecule has 0 aromatic rings. The Labute approximate surface area is 120 Å². The third-order valence-electron chi connectivity index (χ3n) is 4.33. The van der Waals surface area contributed by atoms with Gasteiger partial charge in [0.25, 0.3) is 0 Å². The molecule has 1 aliphatic heterocycles. The van der Waals surface area contributed by atoms with Crippen molar-refractivity contribution in [2.24, 2.45) is 5.92 Å². The SMILES string of the molecule is CN(CCO)C(=O)CC1NCCN(CC2CCC2)C1=O. The summed E-state index contributed by atoms with van der Waals surface area (Å²) in [7, 11) is 1.65. The van der Waals surface area contributed by atoms with E-state index in [1.165, 1.54) is 24.2 Å². The minimum Gasteiger partial charge on any atom is -0.395 e. The van der Waals surface area contributed by atoms with E-state index in [9.17, 15) is 9.59 Å². The standard InChI is InChI=1S/C14H25N3O3/c1-16(7-8-18)13(19)9-12-14(20)17(6-5-15-12)10-11-3-2-4-11/h11-12,15,18H,2-10H2,1H3. The first-order chi connectivity index (χ1) is 9.61. The van der Waals surface area contributed by atoms with Crippen molar-refractivity contribution in [2.75, 3.05) is 39.8 Å². The van der Waals surface area contributed by atoms with Crippen LogP contribution in [0.3, 0.4) is 0 Å². The summed E-state index contributed by atoms with van der Waals surface area (Å²) in [4.78, 5) is 27.7. The van der Waals surface area contributed by atoms with E-state index in [2.05, 4.69) is 5.32 Å². The van der Waals surface area contributed by atoms with Gasteiger partial charge >= 0.3 is 0 Å². The highest BCUT2D eigenvalue weighted by Crippen LogP contribution is 2.27. The third-order valence-corrected chi connectivity index (χ3v) is 4.33. The van der Waals surface area contributed by atoms with Gasteiger partial charge in [-0.15, -0.1) is 0 Å². The zero-order chi connectivity index (χ0) is 14.5. The van der Waals surface area contributed by atoms with Crippen molar-refractivity contribution in [3.63, 3.8) is 0 Å². The molecule has 1 unspecified atom stereocenters. The lowest BCUT2D eigenvalue weighted by atomic mass is 9.85. The van der Waals surface area contributed by atoms with Crippen LogP contribution in [-0.4, -0.2) is 72.6 Å². The molecule has 1 atom stereocenters. The Kier molecular flexibility index (Phi) is 5.37. The van der Waals surface area contributed by atoms with Crippen LogP contribution >= 0.6 is 0 Å². The summed E-state index contributed by atoms with van der Waals surface area (Å²) in [6.07, 6.45) is 3.90. The minimum absolute atomic E-state index is 0.0499. The molecule has 6 nitrogen and oxygen atoms in total. The molecule has 0 aromatic heterocycles. The number of hydrogen-bond donors (Lipinski definition) is 2. The van der Waals surface area contributed by atoms with Gasteiger partial charge in [0, 0.05) is 33.2 Å². The Morgan fingerprint density at radius 1 is 1.50 bits per heavy atom. The zero-order valence-corrected chi connectivity index (χ0v) is 12.2. The first-order valence-electron chi connectivity index (χ1n) is 7.49. The Hall–Kier alpha value is -1.14. The average molecular weight is 283 g/mol. The number of aliphatic hydroxyl groups is 1. The van der Waals surface area contributed by atoms with E-state index in [4.69, 9.17) is 5.11 Å². The summed E-state index contributed by atoms with van der Waals surface area (Å²) in [5.41, 5.74) is 0. The summed E-state index contributed by atoms with van der Waals surface area (Å²) in [6, 6.07) is -0.405. The van der Waals surface area contributed by atoms with Gasteiger partial charge in [0.2, 0.25) is 11.8 Å². The van der Waals surface area contributed by atoms with Crippen LogP contribution in [0.15, 0.2) is 0 Å². The number of carbonyl (C=O) groups is 2. The van der Waals surface area contributed by atoms with Crippen LogP contribution < -0.4 is 5.32 Å². The summed E-state index contributed by atoms with van der Waals surface area (Å²) in [5.74, 6) is 0.606. The summed E-state index contributed by atoms with van der Waals surface area (Å²) in [6.45, 7) is 2.60. The van der Waals surface area contributed by atoms with Crippen LogP contribution in [0.5, 0.6) is 0 Å². The van der Waals surface area contributed by atoms with Crippen LogP contribution in [0.25, 0.3) is 0 Å². The van der Waals surface area contributed by atoms with Crippen LogP contribution in [0.2, 0.25) is 0 Å².